The smallest absolute Gasteiger partial charge is 0.341 e. The topological polar surface area (TPSA) is 52.1 Å². The van der Waals surface area contributed by atoms with Gasteiger partial charge in [-0.15, -0.1) is 0 Å². The number of carbonyl (C=O) groups is 1. The Bertz CT molecular complexity index is 730. The van der Waals surface area contributed by atoms with Gasteiger partial charge in [0, 0.05) is 24.2 Å². The van der Waals surface area contributed by atoms with Crippen molar-refractivity contribution in [3.8, 4) is 0 Å². The summed E-state index contributed by atoms with van der Waals surface area (Å²) in [4.78, 5) is 20.1. The van der Waals surface area contributed by atoms with Crippen molar-refractivity contribution in [2.24, 2.45) is 0 Å². The Labute approximate surface area is 138 Å². The third-order valence-corrected chi connectivity index (χ3v) is 4.39. The number of carbonyl (C=O) groups excluding carboxylic acids is 1. The van der Waals surface area contributed by atoms with Crippen molar-refractivity contribution in [2.45, 2.75) is 31.6 Å². The first kappa shape index (κ1) is 15.9. The van der Waals surface area contributed by atoms with Crippen LogP contribution in [-0.4, -0.2) is 22.5 Å². The maximum Gasteiger partial charge on any atom is 0.341 e. The minimum Gasteiger partial charge on any atom is -0.462 e. The number of hydrogen-bond donors (Lipinski definition) is 0. The van der Waals surface area contributed by atoms with Crippen molar-refractivity contribution >= 4 is 17.6 Å². The van der Waals surface area contributed by atoms with E-state index in [1.165, 1.54) is 18.5 Å². The van der Waals surface area contributed by atoms with Crippen molar-refractivity contribution in [1.29, 1.82) is 0 Å². The largest absolute Gasteiger partial charge is 0.462 e. The molecule has 23 heavy (non-hydrogen) atoms. The highest BCUT2D eigenvalue weighted by molar-refractivity contribution is 6.30. The lowest BCUT2D eigenvalue weighted by atomic mass is 9.92. The van der Waals surface area contributed by atoms with E-state index >= 15 is 0 Å². The number of aromatic nitrogens is 2. The van der Waals surface area contributed by atoms with Crippen LogP contribution in [0.1, 0.15) is 41.5 Å². The van der Waals surface area contributed by atoms with Crippen LogP contribution in [0.4, 0.5) is 4.39 Å². The molecule has 1 heterocycles. The van der Waals surface area contributed by atoms with Crippen molar-refractivity contribution in [3.63, 3.8) is 0 Å². The molecule has 1 aromatic heterocycles. The summed E-state index contributed by atoms with van der Waals surface area (Å²) in [6.07, 6.45) is 5.57. The summed E-state index contributed by atoms with van der Waals surface area (Å²) in [5, 5.41) is 0.132. The van der Waals surface area contributed by atoms with Gasteiger partial charge in [0.05, 0.1) is 17.2 Å². The van der Waals surface area contributed by atoms with Gasteiger partial charge in [0.1, 0.15) is 11.6 Å². The maximum atomic E-state index is 13.3. The van der Waals surface area contributed by atoms with Gasteiger partial charge in [0.2, 0.25) is 0 Å². The van der Waals surface area contributed by atoms with Crippen LogP contribution in [0.5, 0.6) is 0 Å². The summed E-state index contributed by atoms with van der Waals surface area (Å²) in [5.74, 6) is -0.192. The van der Waals surface area contributed by atoms with E-state index in [2.05, 4.69) is 9.97 Å². The van der Waals surface area contributed by atoms with E-state index in [1.807, 2.05) is 0 Å². The minimum atomic E-state index is -0.425. The van der Waals surface area contributed by atoms with Gasteiger partial charge in [-0.05, 0) is 37.5 Å². The molecule has 0 bridgehead atoms. The molecule has 120 valence electrons. The lowest BCUT2D eigenvalue weighted by molar-refractivity contribution is 0.0525. The zero-order valence-electron chi connectivity index (χ0n) is 12.7. The monoisotopic (exact) mass is 334 g/mol. The zero-order valence-corrected chi connectivity index (χ0v) is 13.4. The fourth-order valence-corrected chi connectivity index (χ4v) is 2.79. The first-order valence-corrected chi connectivity index (χ1v) is 7.85. The van der Waals surface area contributed by atoms with Gasteiger partial charge in [0.15, 0.2) is 0 Å². The van der Waals surface area contributed by atoms with E-state index in [0.717, 1.165) is 18.4 Å². The molecule has 0 amide bonds. The summed E-state index contributed by atoms with van der Waals surface area (Å²) in [6.45, 7) is 2.06. The van der Waals surface area contributed by atoms with E-state index in [0.29, 0.717) is 24.4 Å². The van der Waals surface area contributed by atoms with Crippen LogP contribution < -0.4 is 0 Å². The molecule has 0 N–H and O–H groups in total. The quantitative estimate of drug-likeness (QED) is 0.782. The summed E-state index contributed by atoms with van der Waals surface area (Å²) in [7, 11) is 0. The summed E-state index contributed by atoms with van der Waals surface area (Å²) < 4.78 is 18.2. The Hall–Kier alpha value is -2.01. The normalized spacial score (nSPS) is 15.3. The number of halogens is 2. The summed E-state index contributed by atoms with van der Waals surface area (Å²) in [6, 6.07) is 4.83. The zero-order chi connectivity index (χ0) is 16.4. The second-order valence-electron chi connectivity index (χ2n) is 5.69. The number of rotatable bonds is 5. The van der Waals surface area contributed by atoms with E-state index in [1.54, 1.807) is 19.1 Å². The van der Waals surface area contributed by atoms with Crippen molar-refractivity contribution in [1.82, 2.24) is 9.97 Å². The summed E-state index contributed by atoms with van der Waals surface area (Å²) in [5.41, 5.74) is 1.26. The molecular weight excluding hydrogens is 319 g/mol. The molecule has 0 atom stereocenters. The molecule has 2 aromatic rings. The highest BCUT2D eigenvalue weighted by atomic mass is 35.5. The van der Waals surface area contributed by atoms with Crippen LogP contribution in [-0.2, 0) is 16.6 Å². The average molecular weight is 335 g/mol. The molecule has 1 aliphatic rings. The van der Waals surface area contributed by atoms with Crippen LogP contribution >= 0.6 is 11.6 Å². The van der Waals surface area contributed by atoms with Crippen molar-refractivity contribution in [2.75, 3.05) is 6.61 Å². The molecule has 0 radical (unpaired) electrons. The van der Waals surface area contributed by atoms with Crippen LogP contribution in [0.25, 0.3) is 0 Å². The fraction of sp³-hybridized carbons (Fsp3) is 0.353. The Morgan fingerprint density at radius 3 is 2.61 bits per heavy atom. The predicted octanol–water partition coefficient (Wildman–Crippen LogP) is 3.72. The second-order valence-corrected chi connectivity index (χ2v) is 6.10. The fourth-order valence-electron chi connectivity index (χ4n) is 2.61. The van der Waals surface area contributed by atoms with Crippen LogP contribution in [0, 0.1) is 5.82 Å². The molecule has 4 nitrogen and oxygen atoms in total. The highest BCUT2D eigenvalue weighted by Crippen LogP contribution is 2.50. The average Bonchev–Trinajstić information content (AvgIpc) is 3.31. The summed E-state index contributed by atoms with van der Waals surface area (Å²) >= 11 is 5.88. The molecule has 0 saturated heterocycles. The maximum absolute atomic E-state index is 13.3. The van der Waals surface area contributed by atoms with Gasteiger partial charge >= 0.3 is 5.97 Å². The first-order valence-electron chi connectivity index (χ1n) is 7.48. The number of esters is 1. The highest BCUT2D eigenvalue weighted by Gasteiger charge is 2.45. The van der Waals surface area contributed by atoms with E-state index in [9.17, 15) is 9.18 Å². The van der Waals surface area contributed by atoms with E-state index in [4.69, 9.17) is 16.3 Å². The van der Waals surface area contributed by atoms with Gasteiger partial charge in [-0.3, -0.25) is 0 Å². The molecular formula is C17H16ClFN2O2. The van der Waals surface area contributed by atoms with Gasteiger partial charge in [-0.25, -0.2) is 19.2 Å². The van der Waals surface area contributed by atoms with Gasteiger partial charge in [-0.2, -0.15) is 0 Å². The number of hydrogen-bond acceptors (Lipinski definition) is 4. The lowest BCUT2D eigenvalue weighted by Crippen LogP contribution is -2.14. The second kappa shape index (κ2) is 6.24. The van der Waals surface area contributed by atoms with E-state index < -0.39 is 11.8 Å². The molecule has 0 spiro atoms. The Balaban J connectivity index is 1.76. The molecule has 0 unspecified atom stereocenters. The molecule has 1 aromatic carbocycles. The molecule has 0 aliphatic heterocycles. The van der Waals surface area contributed by atoms with Crippen LogP contribution in [0.15, 0.2) is 30.6 Å². The Kier molecular flexibility index (Phi) is 4.31. The predicted molar refractivity (Wildman–Crippen MR) is 84.0 cm³/mol. The Morgan fingerprint density at radius 2 is 2.04 bits per heavy atom. The van der Waals surface area contributed by atoms with E-state index in [-0.39, 0.29) is 10.4 Å². The number of ether oxygens (including phenoxy) is 1. The van der Waals surface area contributed by atoms with Gasteiger partial charge in [-0.1, -0.05) is 17.7 Å². The van der Waals surface area contributed by atoms with Crippen molar-refractivity contribution in [3.05, 3.63) is 58.4 Å². The standard InChI is InChI=1S/C17H16ClFN2O2/c1-2-23-16(22)11-9-20-15(21-10-11)8-17(5-6-17)12-3-4-14(19)13(18)7-12/h3-4,7,9-10H,2,5-6,8H2,1H3. The molecule has 1 fully saturated rings. The third-order valence-electron chi connectivity index (χ3n) is 4.10. The van der Waals surface area contributed by atoms with Crippen molar-refractivity contribution < 1.29 is 13.9 Å². The molecule has 1 aliphatic carbocycles. The minimum absolute atomic E-state index is 0.0806. The molecule has 1 saturated carbocycles. The van der Waals surface area contributed by atoms with Gasteiger partial charge in [0.25, 0.3) is 0 Å². The first-order chi connectivity index (χ1) is 11.0. The van der Waals surface area contributed by atoms with Crippen LogP contribution in [0.3, 0.4) is 0 Å². The SMILES string of the molecule is CCOC(=O)c1cnc(CC2(c3ccc(F)c(Cl)c3)CC2)nc1. The molecule has 6 heteroatoms. The Morgan fingerprint density at radius 1 is 1.35 bits per heavy atom. The lowest BCUT2D eigenvalue weighted by Gasteiger charge is -2.15. The van der Waals surface area contributed by atoms with Crippen LogP contribution in [0.2, 0.25) is 5.02 Å². The molecule has 3 rings (SSSR count). The number of nitrogens with zero attached hydrogens (tertiary/aromatic N) is 2. The number of benzene rings is 1. The third kappa shape index (κ3) is 3.34. The van der Waals surface area contributed by atoms with Gasteiger partial charge < -0.3 is 4.74 Å².